The van der Waals surface area contributed by atoms with E-state index in [0.29, 0.717) is 5.02 Å². The summed E-state index contributed by atoms with van der Waals surface area (Å²) in [5.41, 5.74) is 0.256. The average Bonchev–Trinajstić information content (AvgIpc) is 2.85. The molecule has 0 amide bonds. The largest absolute Gasteiger partial charge is 0.388 e. The Balaban J connectivity index is 2.36. The van der Waals surface area contributed by atoms with Gasteiger partial charge in [0.05, 0.1) is 6.10 Å². The summed E-state index contributed by atoms with van der Waals surface area (Å²) < 4.78 is 13.2. The molecule has 1 aromatic rings. The molecule has 0 bridgehead atoms. The molecule has 1 nitrogen and oxygen atoms in total. The van der Waals surface area contributed by atoms with Gasteiger partial charge in [-0.2, -0.15) is 0 Å². The minimum Gasteiger partial charge on any atom is -0.388 e. The highest BCUT2D eigenvalue weighted by molar-refractivity contribution is 6.31. The summed E-state index contributed by atoms with van der Waals surface area (Å²) in [5.74, 6) is -0.207. The molecule has 0 aromatic heterocycles. The highest BCUT2D eigenvalue weighted by atomic mass is 35.5. The van der Waals surface area contributed by atoms with Crippen molar-refractivity contribution >= 4 is 11.6 Å². The van der Waals surface area contributed by atoms with E-state index in [1.54, 1.807) is 12.1 Å². The first kappa shape index (κ1) is 8.97. The fourth-order valence-corrected chi connectivity index (χ4v) is 1.72. The van der Waals surface area contributed by atoms with Crippen LogP contribution in [0.15, 0.2) is 18.2 Å². The predicted molar refractivity (Wildman–Crippen MR) is 49.1 cm³/mol. The van der Waals surface area contributed by atoms with Crippen LogP contribution in [0.2, 0.25) is 5.02 Å². The van der Waals surface area contributed by atoms with E-state index in [9.17, 15) is 9.50 Å². The zero-order valence-electron chi connectivity index (χ0n) is 7.00. The van der Waals surface area contributed by atoms with Gasteiger partial charge in [-0.15, -0.1) is 0 Å². The fourth-order valence-electron chi connectivity index (χ4n) is 1.44. The van der Waals surface area contributed by atoms with Gasteiger partial charge in [0.25, 0.3) is 0 Å². The molecule has 2 rings (SSSR count). The summed E-state index contributed by atoms with van der Waals surface area (Å²) in [4.78, 5) is 0. The number of halogens is 2. The molecule has 1 fully saturated rings. The van der Waals surface area contributed by atoms with Crippen LogP contribution in [0.3, 0.4) is 0 Å². The SMILES string of the molecule is O[C@@H](c1c(F)cccc1Cl)C1CC1. The van der Waals surface area contributed by atoms with Crippen LogP contribution in [0.4, 0.5) is 4.39 Å². The van der Waals surface area contributed by atoms with Gasteiger partial charge in [-0.25, -0.2) is 4.39 Å². The minimum atomic E-state index is -0.728. The lowest BCUT2D eigenvalue weighted by Crippen LogP contribution is -2.03. The van der Waals surface area contributed by atoms with Crippen molar-refractivity contribution in [1.29, 1.82) is 0 Å². The molecule has 0 spiro atoms. The van der Waals surface area contributed by atoms with Crippen molar-refractivity contribution in [2.75, 3.05) is 0 Å². The first-order valence-corrected chi connectivity index (χ1v) is 4.70. The Morgan fingerprint density at radius 1 is 1.46 bits per heavy atom. The third-order valence-electron chi connectivity index (χ3n) is 2.36. The topological polar surface area (TPSA) is 20.2 Å². The molecule has 1 atom stereocenters. The number of aliphatic hydroxyl groups excluding tert-OH is 1. The van der Waals surface area contributed by atoms with Crippen molar-refractivity contribution in [1.82, 2.24) is 0 Å². The molecular weight excluding hydrogens is 191 g/mol. The molecule has 0 radical (unpaired) electrons. The van der Waals surface area contributed by atoms with Crippen molar-refractivity contribution in [3.63, 3.8) is 0 Å². The van der Waals surface area contributed by atoms with Crippen LogP contribution in [-0.4, -0.2) is 5.11 Å². The number of rotatable bonds is 2. The third-order valence-corrected chi connectivity index (χ3v) is 2.69. The molecule has 70 valence electrons. The van der Waals surface area contributed by atoms with E-state index < -0.39 is 11.9 Å². The van der Waals surface area contributed by atoms with Gasteiger partial charge >= 0.3 is 0 Å². The van der Waals surface area contributed by atoms with E-state index in [-0.39, 0.29) is 11.5 Å². The average molecular weight is 201 g/mol. The maximum Gasteiger partial charge on any atom is 0.130 e. The van der Waals surface area contributed by atoms with Gasteiger partial charge in [0, 0.05) is 10.6 Å². The van der Waals surface area contributed by atoms with Crippen LogP contribution >= 0.6 is 11.6 Å². The molecule has 1 aliphatic carbocycles. The van der Waals surface area contributed by atoms with Crippen LogP contribution in [-0.2, 0) is 0 Å². The zero-order chi connectivity index (χ0) is 9.42. The number of hydrogen-bond donors (Lipinski definition) is 1. The normalized spacial score (nSPS) is 18.7. The zero-order valence-corrected chi connectivity index (χ0v) is 7.76. The van der Waals surface area contributed by atoms with Gasteiger partial charge < -0.3 is 5.11 Å². The van der Waals surface area contributed by atoms with Gasteiger partial charge in [0.1, 0.15) is 5.82 Å². The second-order valence-corrected chi connectivity index (χ2v) is 3.82. The lowest BCUT2D eigenvalue weighted by Gasteiger charge is -2.11. The second kappa shape index (κ2) is 3.28. The van der Waals surface area contributed by atoms with Crippen molar-refractivity contribution < 1.29 is 9.50 Å². The number of aliphatic hydroxyl groups is 1. The van der Waals surface area contributed by atoms with E-state index >= 15 is 0 Å². The van der Waals surface area contributed by atoms with E-state index in [1.807, 2.05) is 0 Å². The molecule has 1 N–H and O–H groups in total. The first-order chi connectivity index (χ1) is 6.20. The Labute approximate surface area is 81.1 Å². The molecule has 13 heavy (non-hydrogen) atoms. The van der Waals surface area contributed by atoms with Gasteiger partial charge in [-0.05, 0) is 30.9 Å². The lowest BCUT2D eigenvalue weighted by atomic mass is 10.1. The molecule has 0 aliphatic heterocycles. The predicted octanol–water partition coefficient (Wildman–Crippen LogP) is 2.92. The summed E-state index contributed by atoms with van der Waals surface area (Å²) in [7, 11) is 0. The minimum absolute atomic E-state index is 0.203. The standard InChI is InChI=1S/C10H10ClFO/c11-7-2-1-3-8(12)9(7)10(13)6-4-5-6/h1-3,6,10,13H,4-5H2/t10-/m1/s1. The summed E-state index contributed by atoms with van der Waals surface area (Å²) in [5, 5.41) is 10.0. The number of hydrogen-bond acceptors (Lipinski definition) is 1. The lowest BCUT2D eigenvalue weighted by molar-refractivity contribution is 0.149. The van der Waals surface area contributed by atoms with Crippen molar-refractivity contribution in [3.05, 3.63) is 34.6 Å². The van der Waals surface area contributed by atoms with Crippen LogP contribution in [0, 0.1) is 11.7 Å². The molecule has 0 unspecified atom stereocenters. The van der Waals surface area contributed by atoms with Crippen LogP contribution in [0.25, 0.3) is 0 Å². The Kier molecular flexibility index (Phi) is 2.26. The fraction of sp³-hybridized carbons (Fsp3) is 0.400. The molecule has 1 saturated carbocycles. The maximum absolute atomic E-state index is 13.2. The molecule has 3 heteroatoms. The molecule has 0 heterocycles. The summed E-state index contributed by atoms with van der Waals surface area (Å²) in [6, 6.07) is 4.47. The van der Waals surface area contributed by atoms with Gasteiger partial charge in [0.15, 0.2) is 0 Å². The summed E-state index contributed by atoms with van der Waals surface area (Å²) in [6.07, 6.45) is 1.20. The van der Waals surface area contributed by atoms with E-state index in [0.717, 1.165) is 12.8 Å². The van der Waals surface area contributed by atoms with Crippen molar-refractivity contribution in [3.8, 4) is 0 Å². The van der Waals surface area contributed by atoms with Crippen LogP contribution in [0.1, 0.15) is 24.5 Å². The van der Waals surface area contributed by atoms with Crippen molar-refractivity contribution in [2.24, 2.45) is 5.92 Å². The molecule has 1 aromatic carbocycles. The summed E-state index contributed by atoms with van der Waals surface area (Å²) in [6.45, 7) is 0. The Bertz CT molecular complexity index is 302. The van der Waals surface area contributed by atoms with Gasteiger partial charge in [0.2, 0.25) is 0 Å². The maximum atomic E-state index is 13.2. The van der Waals surface area contributed by atoms with Gasteiger partial charge in [-0.3, -0.25) is 0 Å². The van der Waals surface area contributed by atoms with Crippen LogP contribution in [0.5, 0.6) is 0 Å². The second-order valence-electron chi connectivity index (χ2n) is 3.42. The Morgan fingerprint density at radius 3 is 2.69 bits per heavy atom. The van der Waals surface area contributed by atoms with Gasteiger partial charge in [-0.1, -0.05) is 17.7 Å². The summed E-state index contributed by atoms with van der Waals surface area (Å²) >= 11 is 5.80. The van der Waals surface area contributed by atoms with E-state index in [2.05, 4.69) is 0 Å². The smallest absolute Gasteiger partial charge is 0.130 e. The van der Waals surface area contributed by atoms with Crippen LogP contribution < -0.4 is 0 Å². The van der Waals surface area contributed by atoms with E-state index in [1.165, 1.54) is 6.07 Å². The molecule has 1 aliphatic rings. The monoisotopic (exact) mass is 200 g/mol. The Morgan fingerprint density at radius 2 is 2.15 bits per heavy atom. The van der Waals surface area contributed by atoms with E-state index in [4.69, 9.17) is 11.6 Å². The Hall–Kier alpha value is -0.600. The molecule has 0 saturated heterocycles. The number of benzene rings is 1. The third kappa shape index (κ3) is 1.69. The highest BCUT2D eigenvalue weighted by Gasteiger charge is 2.33. The van der Waals surface area contributed by atoms with Crippen molar-refractivity contribution in [2.45, 2.75) is 18.9 Å². The highest BCUT2D eigenvalue weighted by Crippen LogP contribution is 2.43. The molecular formula is C10H10ClFO. The quantitative estimate of drug-likeness (QED) is 0.779. The first-order valence-electron chi connectivity index (χ1n) is 4.32.